The summed E-state index contributed by atoms with van der Waals surface area (Å²) in [4.78, 5) is 28.0. The first-order chi connectivity index (χ1) is 15.8. The van der Waals surface area contributed by atoms with Crippen LogP contribution in [0.25, 0.3) is 0 Å². The molecule has 7 nitrogen and oxygen atoms in total. The minimum Gasteiger partial charge on any atom is -0.352 e. The molecule has 1 N–H and O–H groups in total. The van der Waals surface area contributed by atoms with Gasteiger partial charge in [0.2, 0.25) is 21.8 Å². The summed E-state index contributed by atoms with van der Waals surface area (Å²) in [5.74, 6) is -0.832. The number of hydrogen-bond acceptors (Lipinski definition) is 4. The number of carbonyl (C=O) groups is 2. The minimum absolute atomic E-state index is 0.0977. The first kappa shape index (κ1) is 28.0. The smallest absolute Gasteiger partial charge is 0.244 e. The van der Waals surface area contributed by atoms with Crippen molar-refractivity contribution in [3.63, 3.8) is 0 Å². The van der Waals surface area contributed by atoms with Crippen molar-refractivity contribution in [3.05, 3.63) is 63.6 Å². The number of anilines is 1. The van der Waals surface area contributed by atoms with Crippen molar-refractivity contribution in [1.82, 2.24) is 10.2 Å². The van der Waals surface area contributed by atoms with Gasteiger partial charge in [0, 0.05) is 17.6 Å². The average molecular weight is 529 g/mol. The van der Waals surface area contributed by atoms with Crippen LogP contribution < -0.4 is 9.62 Å². The Morgan fingerprint density at radius 1 is 1.09 bits per heavy atom. The van der Waals surface area contributed by atoms with Crippen LogP contribution in [0.4, 0.5) is 5.69 Å². The van der Waals surface area contributed by atoms with Gasteiger partial charge in [-0.3, -0.25) is 13.9 Å². The van der Waals surface area contributed by atoms with E-state index < -0.39 is 28.5 Å². The Bertz CT molecular complexity index is 1140. The quantitative estimate of drug-likeness (QED) is 0.495. The Hall–Kier alpha value is -2.29. The van der Waals surface area contributed by atoms with Crippen LogP contribution in [0.3, 0.4) is 0 Å². The maximum absolute atomic E-state index is 13.6. The second-order valence-corrected chi connectivity index (χ2v) is 11.2. The van der Waals surface area contributed by atoms with E-state index in [0.29, 0.717) is 6.42 Å². The molecule has 0 aliphatic heterocycles. The highest BCUT2D eigenvalue weighted by atomic mass is 35.5. The lowest BCUT2D eigenvalue weighted by atomic mass is 10.1. The minimum atomic E-state index is -3.90. The van der Waals surface area contributed by atoms with Gasteiger partial charge in [0.25, 0.3) is 0 Å². The fourth-order valence-corrected chi connectivity index (χ4v) is 4.83. The van der Waals surface area contributed by atoms with Gasteiger partial charge >= 0.3 is 0 Å². The molecule has 0 aliphatic carbocycles. The van der Waals surface area contributed by atoms with Gasteiger partial charge in [-0.05, 0) is 56.5 Å². The molecule has 0 unspecified atom stereocenters. The molecule has 0 saturated carbocycles. The molecule has 0 radical (unpaired) electrons. The summed E-state index contributed by atoms with van der Waals surface area (Å²) in [6.07, 6.45) is 1.35. The number of carbonyl (C=O) groups excluding carboxylic acids is 2. The van der Waals surface area contributed by atoms with Crippen LogP contribution in [-0.2, 0) is 26.2 Å². The van der Waals surface area contributed by atoms with E-state index in [0.717, 1.165) is 21.7 Å². The van der Waals surface area contributed by atoms with E-state index in [1.807, 2.05) is 52.0 Å². The standard InChI is InChI=1S/C24H31Cl2N3O4S/c1-6-21(24(31)27-16(2)3)28(14-18-10-8-7-9-17(18)4)23(30)15-29(34(5,32)33)22-13-19(25)11-12-20(22)26/h7-13,16,21H,6,14-15H2,1-5H3,(H,27,31)/t21-/m1/s1. The van der Waals surface area contributed by atoms with E-state index in [1.165, 1.54) is 23.1 Å². The van der Waals surface area contributed by atoms with E-state index in [1.54, 1.807) is 0 Å². The number of amides is 2. The van der Waals surface area contributed by atoms with Gasteiger partial charge in [-0.25, -0.2) is 8.42 Å². The van der Waals surface area contributed by atoms with Gasteiger partial charge in [-0.1, -0.05) is 54.4 Å². The summed E-state index contributed by atoms with van der Waals surface area (Å²) in [6.45, 7) is 7.02. The first-order valence-electron chi connectivity index (χ1n) is 10.9. The second kappa shape index (κ2) is 11.9. The third kappa shape index (κ3) is 7.35. The lowest BCUT2D eigenvalue weighted by molar-refractivity contribution is -0.140. The van der Waals surface area contributed by atoms with Crippen molar-refractivity contribution < 1.29 is 18.0 Å². The number of hydrogen-bond donors (Lipinski definition) is 1. The maximum atomic E-state index is 13.6. The zero-order valence-electron chi connectivity index (χ0n) is 20.0. The fraction of sp³-hybridized carbons (Fsp3) is 0.417. The van der Waals surface area contributed by atoms with Crippen molar-refractivity contribution in [2.24, 2.45) is 0 Å². The normalized spacial score (nSPS) is 12.4. The molecular weight excluding hydrogens is 497 g/mol. The van der Waals surface area contributed by atoms with Gasteiger partial charge in [0.05, 0.1) is 17.0 Å². The number of sulfonamides is 1. The summed E-state index contributed by atoms with van der Waals surface area (Å²) in [5.41, 5.74) is 1.91. The van der Waals surface area contributed by atoms with Crippen molar-refractivity contribution in [2.45, 2.75) is 52.7 Å². The van der Waals surface area contributed by atoms with Crippen LogP contribution in [-0.4, -0.2) is 50.0 Å². The van der Waals surface area contributed by atoms with Crippen LogP contribution in [0.15, 0.2) is 42.5 Å². The molecule has 0 aliphatic rings. The predicted molar refractivity (Wildman–Crippen MR) is 138 cm³/mol. The van der Waals surface area contributed by atoms with Gasteiger partial charge in [-0.2, -0.15) is 0 Å². The first-order valence-corrected chi connectivity index (χ1v) is 13.5. The molecule has 0 spiro atoms. The number of nitrogens with one attached hydrogen (secondary N) is 1. The van der Waals surface area contributed by atoms with Crippen LogP contribution in [0.5, 0.6) is 0 Å². The van der Waals surface area contributed by atoms with Gasteiger partial charge in [0.15, 0.2) is 0 Å². The number of benzene rings is 2. The Labute approximate surface area is 212 Å². The van der Waals surface area contributed by atoms with Gasteiger partial charge < -0.3 is 10.2 Å². The highest BCUT2D eigenvalue weighted by molar-refractivity contribution is 7.92. The van der Waals surface area contributed by atoms with E-state index in [4.69, 9.17) is 23.2 Å². The topological polar surface area (TPSA) is 86.8 Å². The molecule has 2 amide bonds. The van der Waals surface area contributed by atoms with Crippen LogP contribution in [0, 0.1) is 6.92 Å². The average Bonchev–Trinajstić information content (AvgIpc) is 2.73. The zero-order chi connectivity index (χ0) is 25.6. The third-order valence-electron chi connectivity index (χ3n) is 5.27. The van der Waals surface area contributed by atoms with E-state index in [2.05, 4.69) is 5.32 Å². The molecule has 2 rings (SSSR count). The number of rotatable bonds is 10. The van der Waals surface area contributed by atoms with Crippen LogP contribution in [0.1, 0.15) is 38.3 Å². The van der Waals surface area contributed by atoms with E-state index in [9.17, 15) is 18.0 Å². The van der Waals surface area contributed by atoms with E-state index >= 15 is 0 Å². The van der Waals surface area contributed by atoms with Crippen molar-refractivity contribution in [1.29, 1.82) is 0 Å². The summed E-state index contributed by atoms with van der Waals surface area (Å²) < 4.78 is 26.2. The van der Waals surface area contributed by atoms with E-state index in [-0.39, 0.29) is 34.2 Å². The second-order valence-electron chi connectivity index (χ2n) is 8.40. The van der Waals surface area contributed by atoms with Crippen LogP contribution >= 0.6 is 23.2 Å². The fourth-order valence-electron chi connectivity index (χ4n) is 3.54. The molecule has 34 heavy (non-hydrogen) atoms. The molecule has 0 bridgehead atoms. The SMILES string of the molecule is CC[C@H](C(=O)NC(C)C)N(Cc1ccccc1C)C(=O)CN(c1cc(Cl)ccc1Cl)S(C)(=O)=O. The Morgan fingerprint density at radius 2 is 1.74 bits per heavy atom. The lowest BCUT2D eigenvalue weighted by Crippen LogP contribution is -2.53. The number of aryl methyl sites for hydroxylation is 1. The summed E-state index contributed by atoms with van der Waals surface area (Å²) in [7, 11) is -3.90. The Balaban J connectivity index is 2.50. The van der Waals surface area contributed by atoms with Crippen molar-refractivity contribution in [2.75, 3.05) is 17.1 Å². The number of nitrogens with zero attached hydrogens (tertiary/aromatic N) is 2. The van der Waals surface area contributed by atoms with Gasteiger partial charge in [-0.15, -0.1) is 0 Å². The van der Waals surface area contributed by atoms with Crippen molar-refractivity contribution >= 4 is 50.7 Å². The third-order valence-corrected chi connectivity index (χ3v) is 6.96. The molecule has 2 aromatic rings. The monoisotopic (exact) mass is 527 g/mol. The molecule has 0 heterocycles. The lowest BCUT2D eigenvalue weighted by Gasteiger charge is -2.33. The molecule has 0 fully saturated rings. The Kier molecular flexibility index (Phi) is 9.79. The Morgan fingerprint density at radius 3 is 2.29 bits per heavy atom. The molecule has 0 saturated heterocycles. The zero-order valence-corrected chi connectivity index (χ0v) is 22.3. The van der Waals surface area contributed by atoms with Crippen molar-refractivity contribution in [3.8, 4) is 0 Å². The largest absolute Gasteiger partial charge is 0.352 e. The predicted octanol–water partition coefficient (Wildman–Crippen LogP) is 4.40. The number of halogens is 2. The molecule has 0 aromatic heterocycles. The molecular formula is C24H31Cl2N3O4S. The molecule has 186 valence electrons. The van der Waals surface area contributed by atoms with Gasteiger partial charge in [0.1, 0.15) is 12.6 Å². The molecule has 2 aromatic carbocycles. The summed E-state index contributed by atoms with van der Waals surface area (Å²) in [5, 5.41) is 3.27. The highest BCUT2D eigenvalue weighted by Crippen LogP contribution is 2.31. The highest BCUT2D eigenvalue weighted by Gasteiger charge is 2.32. The summed E-state index contributed by atoms with van der Waals surface area (Å²) >= 11 is 12.3. The maximum Gasteiger partial charge on any atom is 0.244 e. The summed E-state index contributed by atoms with van der Waals surface area (Å²) in [6, 6.07) is 11.0. The molecule has 10 heteroatoms. The molecule has 1 atom stereocenters. The van der Waals surface area contributed by atoms with Crippen LogP contribution in [0.2, 0.25) is 10.0 Å².